The lowest BCUT2D eigenvalue weighted by molar-refractivity contribution is 0.0543. The van der Waals surface area contributed by atoms with Crippen LogP contribution in [-0.4, -0.2) is 43.2 Å². The number of nitrogens with zero attached hydrogens (tertiary/aromatic N) is 2. The fourth-order valence-corrected chi connectivity index (χ4v) is 2.36. The zero-order valence-electron chi connectivity index (χ0n) is 16.9. The molecule has 0 spiro atoms. The maximum Gasteiger partial charge on any atom is 0.324 e. The Morgan fingerprint density at radius 3 is 2.46 bits per heavy atom. The molecule has 1 aromatic carbocycles. The summed E-state index contributed by atoms with van der Waals surface area (Å²) in [5, 5.41) is 3.54. The van der Waals surface area contributed by atoms with Crippen molar-refractivity contribution in [3.8, 4) is 12.8 Å². The van der Waals surface area contributed by atoms with Crippen LogP contribution >= 0.6 is 0 Å². The Hall–Kier alpha value is -2.98. The van der Waals surface area contributed by atoms with E-state index in [9.17, 15) is 4.79 Å². The standard InChI is InChI=1S/C15H18N4O3.C4H10.C2H2/c1-10-8-11-9-12(2-3-13(11)22-10)17-14(16)18-15(20)19-4-6-21-7-5-19;1-3-4-2;1-2/h2-3,8-9H,4-7H2,1H3,(H3,16,17,18,20);3-4H2,1-2H3;1-2H. The number of furan rings is 1. The van der Waals surface area contributed by atoms with Crippen LogP contribution in [0, 0.1) is 19.8 Å². The van der Waals surface area contributed by atoms with Crippen molar-refractivity contribution < 1.29 is 13.9 Å². The molecule has 2 aromatic rings. The van der Waals surface area contributed by atoms with Crippen LogP contribution in [0.1, 0.15) is 32.4 Å². The van der Waals surface area contributed by atoms with Crippen LogP contribution in [0.3, 0.4) is 0 Å². The SMILES string of the molecule is C#C.CCCC.Cc1cc2cc(N=C(N)NC(=O)N3CCOCC3)ccc2o1. The number of carbonyl (C=O) groups is 1. The number of nitrogens with two attached hydrogens (primary N) is 1. The number of guanidine groups is 1. The van der Waals surface area contributed by atoms with Crippen molar-refractivity contribution in [1.29, 1.82) is 0 Å². The number of ether oxygens (including phenoxy) is 1. The lowest BCUT2D eigenvalue weighted by atomic mass is 10.2. The molecule has 0 aliphatic carbocycles. The van der Waals surface area contributed by atoms with Gasteiger partial charge in [-0.25, -0.2) is 9.79 Å². The number of urea groups is 1. The molecule has 0 radical (unpaired) electrons. The van der Waals surface area contributed by atoms with Crippen LogP contribution < -0.4 is 11.1 Å². The molecule has 1 fully saturated rings. The first-order valence-electron chi connectivity index (χ1n) is 9.34. The average molecular weight is 386 g/mol. The van der Waals surface area contributed by atoms with Gasteiger partial charge in [-0.05, 0) is 31.2 Å². The van der Waals surface area contributed by atoms with Crippen LogP contribution in [-0.2, 0) is 4.74 Å². The van der Waals surface area contributed by atoms with E-state index in [0.29, 0.717) is 32.0 Å². The van der Waals surface area contributed by atoms with Gasteiger partial charge >= 0.3 is 6.03 Å². The summed E-state index contributed by atoms with van der Waals surface area (Å²) in [5.41, 5.74) is 7.26. The van der Waals surface area contributed by atoms with Gasteiger partial charge in [-0.15, -0.1) is 12.8 Å². The van der Waals surface area contributed by atoms with Crippen LogP contribution in [0.5, 0.6) is 0 Å². The Bertz CT molecular complexity index is 787. The lowest BCUT2D eigenvalue weighted by Crippen LogP contribution is -2.49. The second-order valence-corrected chi connectivity index (χ2v) is 6.11. The minimum absolute atomic E-state index is 0.0658. The van der Waals surface area contributed by atoms with Gasteiger partial charge in [0.05, 0.1) is 18.9 Å². The predicted molar refractivity (Wildman–Crippen MR) is 114 cm³/mol. The summed E-state index contributed by atoms with van der Waals surface area (Å²) in [5.74, 6) is 0.904. The van der Waals surface area contributed by atoms with E-state index < -0.39 is 0 Å². The molecule has 7 heteroatoms. The molecule has 0 saturated carbocycles. The van der Waals surface area contributed by atoms with Gasteiger partial charge in [-0.2, -0.15) is 0 Å². The molecule has 3 N–H and O–H groups in total. The first-order valence-corrected chi connectivity index (χ1v) is 9.34. The molecule has 1 aromatic heterocycles. The highest BCUT2D eigenvalue weighted by Crippen LogP contribution is 2.24. The molecule has 0 bridgehead atoms. The summed E-state index contributed by atoms with van der Waals surface area (Å²) in [6.07, 6.45) is 10.6. The van der Waals surface area contributed by atoms with Gasteiger partial charge in [-0.3, -0.25) is 5.32 Å². The summed E-state index contributed by atoms with van der Waals surface area (Å²) < 4.78 is 10.7. The summed E-state index contributed by atoms with van der Waals surface area (Å²) in [4.78, 5) is 17.9. The minimum atomic E-state index is -0.259. The monoisotopic (exact) mass is 386 g/mol. The van der Waals surface area contributed by atoms with Gasteiger partial charge in [0, 0.05) is 18.5 Å². The normalized spacial score (nSPS) is 13.8. The molecular weight excluding hydrogens is 356 g/mol. The van der Waals surface area contributed by atoms with E-state index in [1.807, 2.05) is 25.1 Å². The predicted octanol–water partition coefficient (Wildman–Crippen LogP) is 3.79. The number of hydrogen-bond donors (Lipinski definition) is 2. The van der Waals surface area contributed by atoms with Gasteiger partial charge in [0.1, 0.15) is 11.3 Å². The van der Waals surface area contributed by atoms with E-state index >= 15 is 0 Å². The summed E-state index contributed by atoms with van der Waals surface area (Å²) >= 11 is 0. The maximum absolute atomic E-state index is 12.0. The fourth-order valence-electron chi connectivity index (χ4n) is 2.36. The van der Waals surface area contributed by atoms with Crippen molar-refractivity contribution in [3.63, 3.8) is 0 Å². The van der Waals surface area contributed by atoms with Gasteiger partial charge in [-0.1, -0.05) is 26.7 Å². The number of unbranched alkanes of at least 4 members (excludes halogenated alkanes) is 1. The lowest BCUT2D eigenvalue weighted by Gasteiger charge is -2.26. The molecule has 0 atom stereocenters. The van der Waals surface area contributed by atoms with E-state index in [4.69, 9.17) is 14.9 Å². The van der Waals surface area contributed by atoms with Gasteiger partial charge < -0.3 is 19.8 Å². The molecule has 1 aliphatic heterocycles. The Balaban J connectivity index is 0.000000583. The van der Waals surface area contributed by atoms with Crippen molar-refractivity contribution in [2.75, 3.05) is 26.3 Å². The number of rotatable bonds is 2. The molecule has 2 amide bonds. The molecule has 152 valence electrons. The van der Waals surface area contributed by atoms with Crippen molar-refractivity contribution in [1.82, 2.24) is 10.2 Å². The second-order valence-electron chi connectivity index (χ2n) is 6.11. The third-order valence-electron chi connectivity index (χ3n) is 3.91. The van der Waals surface area contributed by atoms with E-state index in [-0.39, 0.29) is 12.0 Å². The second kappa shape index (κ2) is 12.4. The van der Waals surface area contributed by atoms with Crippen molar-refractivity contribution in [2.45, 2.75) is 33.6 Å². The van der Waals surface area contributed by atoms with E-state index in [1.165, 1.54) is 12.8 Å². The zero-order chi connectivity index (χ0) is 20.9. The highest BCUT2D eigenvalue weighted by molar-refractivity contribution is 5.96. The van der Waals surface area contributed by atoms with Gasteiger partial charge in [0.15, 0.2) is 0 Å². The fraction of sp³-hybridized carbons (Fsp3) is 0.429. The van der Waals surface area contributed by atoms with E-state index in [1.54, 1.807) is 11.0 Å². The third kappa shape index (κ3) is 7.33. The summed E-state index contributed by atoms with van der Waals surface area (Å²) in [6.45, 7) is 8.44. The number of fused-ring (bicyclic) bond motifs is 1. The molecule has 7 nitrogen and oxygen atoms in total. The number of morpholine rings is 1. The van der Waals surface area contributed by atoms with Crippen LogP contribution in [0.2, 0.25) is 0 Å². The number of nitrogens with one attached hydrogen (secondary N) is 1. The number of aliphatic imine (C=N–C) groups is 1. The number of hydrogen-bond acceptors (Lipinski definition) is 4. The first-order chi connectivity index (χ1) is 13.5. The molecule has 0 unspecified atom stereocenters. The summed E-state index contributed by atoms with van der Waals surface area (Å²) in [6, 6.07) is 7.15. The van der Waals surface area contributed by atoms with Crippen LogP contribution in [0.4, 0.5) is 10.5 Å². The Labute approximate surface area is 166 Å². The molecule has 1 saturated heterocycles. The molecular formula is C21H30N4O3. The van der Waals surface area contributed by atoms with Crippen molar-refractivity contribution in [3.05, 3.63) is 30.0 Å². The quantitative estimate of drug-likeness (QED) is 0.467. The highest BCUT2D eigenvalue weighted by Gasteiger charge is 2.17. The Morgan fingerprint density at radius 2 is 1.86 bits per heavy atom. The first kappa shape index (κ1) is 23.1. The zero-order valence-corrected chi connectivity index (χ0v) is 16.9. The number of carbonyl (C=O) groups excluding carboxylic acids is 1. The Morgan fingerprint density at radius 1 is 1.21 bits per heavy atom. The van der Waals surface area contributed by atoms with Crippen molar-refractivity contribution in [2.24, 2.45) is 10.7 Å². The number of terminal acetylenes is 1. The number of benzene rings is 1. The largest absolute Gasteiger partial charge is 0.461 e. The maximum atomic E-state index is 12.0. The van der Waals surface area contributed by atoms with E-state index in [2.05, 4.69) is 37.0 Å². The van der Waals surface area contributed by atoms with Gasteiger partial charge in [0.25, 0.3) is 0 Å². The minimum Gasteiger partial charge on any atom is -0.461 e. The topological polar surface area (TPSA) is 93.1 Å². The molecule has 2 heterocycles. The average Bonchev–Trinajstić information content (AvgIpc) is 3.09. The Kier molecular flexibility index (Phi) is 10.2. The molecule has 1 aliphatic rings. The van der Waals surface area contributed by atoms with Gasteiger partial charge in [0.2, 0.25) is 5.96 Å². The number of amides is 2. The smallest absolute Gasteiger partial charge is 0.324 e. The molecule has 3 rings (SSSR count). The van der Waals surface area contributed by atoms with Crippen LogP contribution in [0.25, 0.3) is 11.0 Å². The molecule has 28 heavy (non-hydrogen) atoms. The third-order valence-corrected chi connectivity index (χ3v) is 3.91. The van der Waals surface area contributed by atoms with Crippen molar-refractivity contribution >= 4 is 28.6 Å². The highest BCUT2D eigenvalue weighted by atomic mass is 16.5. The number of aryl methyl sites for hydroxylation is 1. The van der Waals surface area contributed by atoms with Crippen LogP contribution in [0.15, 0.2) is 33.7 Å². The van der Waals surface area contributed by atoms with E-state index in [0.717, 1.165) is 16.7 Å². The summed E-state index contributed by atoms with van der Waals surface area (Å²) in [7, 11) is 0.